The largest absolute Gasteiger partial charge is 0.466 e. The molecule has 3 heterocycles. The Morgan fingerprint density at radius 1 is 1.13 bits per heavy atom. The van der Waals surface area contributed by atoms with Gasteiger partial charge in [-0.05, 0) is 67.6 Å². The summed E-state index contributed by atoms with van der Waals surface area (Å²) in [6.45, 7) is 2.69. The van der Waals surface area contributed by atoms with E-state index in [2.05, 4.69) is 14.9 Å². The molecule has 39 heavy (non-hydrogen) atoms. The highest BCUT2D eigenvalue weighted by molar-refractivity contribution is 5.95. The van der Waals surface area contributed by atoms with Gasteiger partial charge in [-0.15, -0.1) is 0 Å². The van der Waals surface area contributed by atoms with Crippen molar-refractivity contribution in [1.29, 1.82) is 5.41 Å². The van der Waals surface area contributed by atoms with Crippen LogP contribution in [0.25, 0.3) is 28.0 Å². The third-order valence-corrected chi connectivity index (χ3v) is 6.46. The molecule has 10 nitrogen and oxygen atoms in total. The molecule has 0 fully saturated rings. The molecule has 0 aliphatic rings. The fraction of sp³-hybridized carbons (Fsp3) is 0.207. The molecule has 3 aromatic heterocycles. The zero-order chi connectivity index (χ0) is 27.4. The Balaban J connectivity index is 1.42. The Morgan fingerprint density at radius 3 is 2.67 bits per heavy atom. The predicted molar refractivity (Wildman–Crippen MR) is 151 cm³/mol. The van der Waals surface area contributed by atoms with Gasteiger partial charge in [-0.2, -0.15) is 5.10 Å². The first-order valence-corrected chi connectivity index (χ1v) is 12.7. The Bertz CT molecular complexity index is 1620. The molecular formula is C29H30N8O2. The predicted octanol–water partition coefficient (Wildman–Crippen LogP) is 4.21. The van der Waals surface area contributed by atoms with E-state index in [4.69, 9.17) is 26.0 Å². The molecule has 0 bridgehead atoms. The van der Waals surface area contributed by atoms with E-state index in [1.54, 1.807) is 19.3 Å². The number of fused-ring (bicyclic) bond motifs is 1. The van der Waals surface area contributed by atoms with E-state index in [0.29, 0.717) is 25.1 Å². The van der Waals surface area contributed by atoms with Gasteiger partial charge in [-0.25, -0.2) is 9.67 Å². The van der Waals surface area contributed by atoms with E-state index >= 15 is 0 Å². The maximum atomic E-state index is 11.9. The van der Waals surface area contributed by atoms with Crippen LogP contribution in [0.1, 0.15) is 30.4 Å². The number of pyridine rings is 1. The van der Waals surface area contributed by atoms with Crippen LogP contribution < -0.4 is 11.1 Å². The van der Waals surface area contributed by atoms with Gasteiger partial charge < -0.3 is 20.4 Å². The van der Waals surface area contributed by atoms with Crippen molar-refractivity contribution < 1.29 is 9.53 Å². The van der Waals surface area contributed by atoms with Crippen molar-refractivity contribution in [1.82, 2.24) is 24.3 Å². The van der Waals surface area contributed by atoms with Crippen molar-refractivity contribution in [3.63, 3.8) is 0 Å². The number of amidine groups is 1. The van der Waals surface area contributed by atoms with Crippen LogP contribution in [0.3, 0.4) is 0 Å². The van der Waals surface area contributed by atoms with Crippen LogP contribution in [-0.2, 0) is 29.5 Å². The number of esters is 1. The molecule has 0 radical (unpaired) electrons. The van der Waals surface area contributed by atoms with Crippen LogP contribution in [0.5, 0.6) is 0 Å². The lowest BCUT2D eigenvalue weighted by atomic mass is 10.1. The number of carbonyl (C=O) groups is 1. The summed E-state index contributed by atoms with van der Waals surface area (Å²) in [5.74, 6) is 0.685. The lowest BCUT2D eigenvalue weighted by Crippen LogP contribution is -2.11. The second kappa shape index (κ2) is 11.2. The first-order valence-electron chi connectivity index (χ1n) is 12.7. The average Bonchev–Trinajstić information content (AvgIpc) is 3.52. The first-order chi connectivity index (χ1) is 18.9. The molecule has 4 N–H and O–H groups in total. The zero-order valence-electron chi connectivity index (χ0n) is 21.9. The molecule has 5 aromatic rings. The second-order valence-corrected chi connectivity index (χ2v) is 9.08. The van der Waals surface area contributed by atoms with Gasteiger partial charge >= 0.3 is 5.97 Å². The van der Waals surface area contributed by atoms with Crippen molar-refractivity contribution in [2.75, 3.05) is 11.9 Å². The van der Waals surface area contributed by atoms with E-state index < -0.39 is 0 Å². The molecule has 0 atom stereocenters. The molecule has 0 saturated carbocycles. The summed E-state index contributed by atoms with van der Waals surface area (Å²) < 4.78 is 9.02. The van der Waals surface area contributed by atoms with Crippen LogP contribution in [0.4, 0.5) is 5.69 Å². The number of benzene rings is 2. The molecule has 0 unspecified atom stereocenters. The summed E-state index contributed by atoms with van der Waals surface area (Å²) in [5, 5.41) is 15.8. The number of carbonyl (C=O) groups excluding carboxylic acids is 1. The topological polar surface area (TPSA) is 137 Å². The Morgan fingerprint density at radius 2 is 1.95 bits per heavy atom. The van der Waals surface area contributed by atoms with E-state index in [1.165, 1.54) is 0 Å². The van der Waals surface area contributed by atoms with Gasteiger partial charge in [0.05, 0.1) is 47.7 Å². The molecule has 0 aliphatic carbocycles. The molecule has 10 heteroatoms. The minimum atomic E-state index is -0.235. The number of anilines is 1. The number of nitrogens with two attached hydrogens (primary N) is 1. The zero-order valence-corrected chi connectivity index (χ0v) is 21.9. The third-order valence-electron chi connectivity index (χ3n) is 6.46. The molecular weight excluding hydrogens is 492 g/mol. The third kappa shape index (κ3) is 5.64. The van der Waals surface area contributed by atoms with Gasteiger partial charge in [-0.3, -0.25) is 15.2 Å². The van der Waals surface area contributed by atoms with Crippen molar-refractivity contribution in [2.24, 2.45) is 12.8 Å². The molecule has 0 saturated heterocycles. The number of rotatable bonds is 10. The van der Waals surface area contributed by atoms with Crippen molar-refractivity contribution in [3.8, 4) is 16.9 Å². The van der Waals surface area contributed by atoms with Gasteiger partial charge in [0, 0.05) is 42.7 Å². The minimum absolute atomic E-state index is 0.0442. The van der Waals surface area contributed by atoms with Crippen LogP contribution in [0.2, 0.25) is 0 Å². The summed E-state index contributed by atoms with van der Waals surface area (Å²) >= 11 is 0. The van der Waals surface area contributed by atoms with Crippen LogP contribution in [-0.4, -0.2) is 42.7 Å². The van der Waals surface area contributed by atoms with Gasteiger partial charge in [0.1, 0.15) is 11.7 Å². The summed E-state index contributed by atoms with van der Waals surface area (Å²) in [6.07, 6.45) is 4.28. The maximum Gasteiger partial charge on any atom is 0.306 e. The minimum Gasteiger partial charge on any atom is -0.466 e. The van der Waals surface area contributed by atoms with E-state index in [1.807, 2.05) is 72.4 Å². The quantitative estimate of drug-likeness (QED) is 0.142. The smallest absolute Gasteiger partial charge is 0.306 e. The van der Waals surface area contributed by atoms with Gasteiger partial charge in [0.2, 0.25) is 0 Å². The molecule has 0 spiro atoms. The molecule has 0 amide bonds. The Kier molecular flexibility index (Phi) is 7.35. The standard InChI is InChI=1S/C29H30N8O2/c1-3-39-28(38)13-10-22-15-26(20-5-4-14-32-17-20)37(35-22)23-11-12-25-24(16-23)34-27(36(25)2)18-33-21-8-6-19(7-9-21)29(30)31/h4-9,11-12,14-17,33H,3,10,13,18H2,1-2H3,(H3,30,31). The summed E-state index contributed by atoms with van der Waals surface area (Å²) in [4.78, 5) is 21.1. The Hall–Kier alpha value is -4.99. The van der Waals surface area contributed by atoms with E-state index in [-0.39, 0.29) is 18.2 Å². The molecule has 2 aromatic carbocycles. The van der Waals surface area contributed by atoms with E-state index in [9.17, 15) is 4.79 Å². The number of imidazole rings is 1. The second-order valence-electron chi connectivity index (χ2n) is 9.08. The highest BCUT2D eigenvalue weighted by Crippen LogP contribution is 2.26. The van der Waals surface area contributed by atoms with Gasteiger partial charge in [0.25, 0.3) is 0 Å². The number of nitrogens with zero attached hydrogens (tertiary/aromatic N) is 5. The molecule has 5 rings (SSSR count). The number of nitrogen functional groups attached to an aromatic ring is 1. The lowest BCUT2D eigenvalue weighted by Gasteiger charge is -2.08. The fourth-order valence-corrected chi connectivity index (χ4v) is 4.41. The van der Waals surface area contributed by atoms with Gasteiger partial charge in [-0.1, -0.05) is 0 Å². The first kappa shape index (κ1) is 25.7. The number of hydrogen-bond acceptors (Lipinski definition) is 7. The number of ether oxygens (including phenoxy) is 1. The lowest BCUT2D eigenvalue weighted by molar-refractivity contribution is -0.143. The number of aryl methyl sites for hydroxylation is 2. The van der Waals surface area contributed by atoms with Crippen molar-refractivity contribution in [3.05, 3.63) is 90.1 Å². The maximum absolute atomic E-state index is 11.9. The SMILES string of the molecule is CCOC(=O)CCc1cc(-c2cccnc2)n(-c2ccc3c(c2)nc(CNc2ccc(C(=N)N)cc2)n3C)n1. The number of nitrogens with one attached hydrogen (secondary N) is 2. The normalized spacial score (nSPS) is 11.0. The number of hydrogen-bond donors (Lipinski definition) is 3. The summed E-state index contributed by atoms with van der Waals surface area (Å²) in [5.41, 5.74) is 12.5. The highest BCUT2D eigenvalue weighted by Gasteiger charge is 2.16. The fourth-order valence-electron chi connectivity index (χ4n) is 4.41. The molecule has 198 valence electrons. The highest BCUT2D eigenvalue weighted by atomic mass is 16.5. The monoisotopic (exact) mass is 522 g/mol. The molecule has 0 aliphatic heterocycles. The average molecular weight is 523 g/mol. The van der Waals surface area contributed by atoms with E-state index in [0.717, 1.165) is 45.2 Å². The number of aromatic nitrogens is 5. The van der Waals surface area contributed by atoms with Crippen molar-refractivity contribution >= 4 is 28.5 Å². The van der Waals surface area contributed by atoms with Crippen LogP contribution in [0, 0.1) is 5.41 Å². The van der Waals surface area contributed by atoms with Gasteiger partial charge in [0.15, 0.2) is 0 Å². The Labute approximate surface area is 226 Å². The van der Waals surface area contributed by atoms with Crippen LogP contribution in [0.15, 0.2) is 73.1 Å². The summed E-state index contributed by atoms with van der Waals surface area (Å²) in [6, 6.07) is 19.4. The van der Waals surface area contributed by atoms with Crippen molar-refractivity contribution in [2.45, 2.75) is 26.3 Å². The van der Waals surface area contributed by atoms with Crippen LogP contribution >= 0.6 is 0 Å². The summed E-state index contributed by atoms with van der Waals surface area (Å²) in [7, 11) is 1.99.